The van der Waals surface area contributed by atoms with Crippen molar-refractivity contribution in [2.24, 2.45) is 63.4 Å². The fraction of sp³-hybridized carbons (Fsp3) is 0.721. The molecule has 35 heteroatoms. The van der Waals surface area contributed by atoms with Gasteiger partial charge in [0, 0.05) is 19.4 Å². The van der Waals surface area contributed by atoms with Crippen LogP contribution in [0.4, 0.5) is 0 Å². The van der Waals surface area contributed by atoms with Crippen LogP contribution in [0.3, 0.4) is 0 Å². The first-order chi connectivity index (χ1) is 49.0. The van der Waals surface area contributed by atoms with Crippen LogP contribution in [0.5, 0.6) is 0 Å². The molecule has 1 aliphatic heterocycles. The van der Waals surface area contributed by atoms with Gasteiger partial charge >= 0.3 is 11.9 Å². The number of unbranched alkanes of at least 4 members (excludes halogenated alkanes) is 3. The van der Waals surface area contributed by atoms with Crippen LogP contribution >= 0.6 is 0 Å². The second-order valence-electron chi connectivity index (χ2n) is 26.6. The van der Waals surface area contributed by atoms with E-state index < -0.39 is 175 Å². The molecule has 1 saturated heterocycles. The zero-order chi connectivity index (χ0) is 77.1. The third-order valence-corrected chi connectivity index (χ3v) is 17.4. The summed E-state index contributed by atoms with van der Waals surface area (Å²) < 4.78 is 11.4. The predicted molar refractivity (Wildman–Crippen MR) is 386 cm³/mol. The lowest BCUT2D eigenvalue weighted by atomic mass is 10.00. The van der Waals surface area contributed by atoms with Gasteiger partial charge in [-0.15, -0.1) is 0 Å². The first kappa shape index (κ1) is 91.1. The maximum absolute atomic E-state index is 15.0. The summed E-state index contributed by atoms with van der Waals surface area (Å²) in [6.45, 7) is 9.36. The van der Waals surface area contributed by atoms with Crippen molar-refractivity contribution in [3.8, 4) is 0 Å². The summed E-state index contributed by atoms with van der Waals surface area (Å²) in [6, 6.07) is -9.58. The number of hydrogen-bond donors (Lipinski definition) is 20. The van der Waals surface area contributed by atoms with E-state index >= 15 is 0 Å². The molecular weight excluding hydrogens is 1340 g/mol. The van der Waals surface area contributed by atoms with Gasteiger partial charge in [-0.25, -0.2) is 0 Å². The summed E-state index contributed by atoms with van der Waals surface area (Å²) in [7, 11) is 0. The van der Waals surface area contributed by atoms with Crippen molar-refractivity contribution in [2.75, 3.05) is 52.4 Å². The highest BCUT2D eigenvalue weighted by Crippen LogP contribution is 2.16. The van der Waals surface area contributed by atoms with Crippen molar-refractivity contribution < 1.29 is 71.8 Å². The number of carbonyl (C=O) groups excluding carboxylic acids is 13. The first-order valence-corrected chi connectivity index (χ1v) is 36.2. The summed E-state index contributed by atoms with van der Waals surface area (Å²) in [5.41, 5.74) is 54.2. The Balaban J connectivity index is 2.93. The molecule has 0 bridgehead atoms. The van der Waals surface area contributed by atoms with E-state index in [1.165, 1.54) is 13.8 Å². The average molecular weight is 1460 g/mol. The third-order valence-electron chi connectivity index (χ3n) is 17.4. The SMILES string of the molecule is CC[C@H](C)CCCCC(=O)N[C@@H](CCN)C(=O)N[C@H](C(=O)N[C@@H](CCN)C(=O)N[C@H]1CCNC(=O)[C@H]([C@@H](C)OC(=O)[C@@H](N)CCCCN)NC(=O)[C@H](CCN)NC(=O)[C@H](CCN)NC(=O)[C@H](CC(C)C)NC(=O)[C@@H](Cc2ccccc2)NC(=O)[C@H](CCN)NC1=O)[C@@H](C)OC(=O)[C@@H](N)CCCCN. The molecule has 584 valence electrons. The Kier molecular flexibility index (Phi) is 44.5. The summed E-state index contributed by atoms with van der Waals surface area (Å²) >= 11 is 0. The molecule has 35 nitrogen and oxygen atoms in total. The Morgan fingerprint density at radius 1 is 0.495 bits per heavy atom. The largest absolute Gasteiger partial charge is 0.459 e. The molecule has 0 spiro atoms. The lowest BCUT2D eigenvalue weighted by Gasteiger charge is -2.30. The van der Waals surface area contributed by atoms with Gasteiger partial charge in [0.05, 0.1) is 0 Å². The van der Waals surface area contributed by atoms with Crippen LogP contribution in [0, 0.1) is 11.8 Å². The molecule has 0 aromatic heterocycles. The molecule has 15 atom stereocenters. The lowest BCUT2D eigenvalue weighted by molar-refractivity contribution is -0.155. The number of esters is 2. The van der Waals surface area contributed by atoms with E-state index in [0.29, 0.717) is 56.7 Å². The van der Waals surface area contributed by atoms with Crippen molar-refractivity contribution in [3.05, 3.63) is 35.9 Å². The molecule has 0 aliphatic carbocycles. The minimum atomic E-state index is -1.81. The van der Waals surface area contributed by atoms with Gasteiger partial charge in [0.25, 0.3) is 0 Å². The molecule has 1 heterocycles. The van der Waals surface area contributed by atoms with Crippen LogP contribution in [-0.2, 0) is 78.2 Å². The molecular formula is C68H122N20O15. The van der Waals surface area contributed by atoms with E-state index in [4.69, 9.17) is 61.1 Å². The second-order valence-corrected chi connectivity index (χ2v) is 26.6. The molecule has 0 unspecified atom stereocenters. The Morgan fingerprint density at radius 2 is 0.971 bits per heavy atom. The fourth-order valence-corrected chi connectivity index (χ4v) is 11.0. The van der Waals surface area contributed by atoms with Crippen molar-refractivity contribution >= 4 is 76.9 Å². The number of nitrogens with two attached hydrogens (primary N) is 9. The molecule has 103 heavy (non-hydrogen) atoms. The highest BCUT2D eigenvalue weighted by Gasteiger charge is 2.40. The first-order valence-electron chi connectivity index (χ1n) is 36.2. The van der Waals surface area contributed by atoms with Gasteiger partial charge in [0.1, 0.15) is 84.7 Å². The van der Waals surface area contributed by atoms with Gasteiger partial charge in [-0.05, 0) is 154 Å². The monoisotopic (exact) mass is 1460 g/mol. The van der Waals surface area contributed by atoms with Crippen LogP contribution in [0.15, 0.2) is 30.3 Å². The van der Waals surface area contributed by atoms with Gasteiger partial charge in [-0.1, -0.05) is 90.1 Å². The molecule has 0 saturated carbocycles. The Morgan fingerprint density at radius 3 is 1.49 bits per heavy atom. The normalized spacial score (nSPS) is 21.5. The molecule has 1 fully saturated rings. The molecule has 0 radical (unpaired) electrons. The van der Waals surface area contributed by atoms with E-state index in [1.807, 2.05) is 0 Å². The number of nitrogens with one attached hydrogen (secondary N) is 11. The Bertz CT molecular complexity index is 2830. The van der Waals surface area contributed by atoms with E-state index in [2.05, 4.69) is 72.3 Å². The number of ether oxygens (including phenoxy) is 2. The van der Waals surface area contributed by atoms with Gasteiger partial charge in [-0.3, -0.25) is 62.3 Å². The van der Waals surface area contributed by atoms with Crippen molar-refractivity contribution in [2.45, 2.75) is 248 Å². The fourth-order valence-electron chi connectivity index (χ4n) is 11.0. The van der Waals surface area contributed by atoms with E-state index in [0.717, 1.165) is 19.3 Å². The third kappa shape index (κ3) is 34.4. The van der Waals surface area contributed by atoms with Gasteiger partial charge in [0.2, 0.25) is 65.0 Å². The molecule has 2 rings (SSSR count). The van der Waals surface area contributed by atoms with Crippen molar-refractivity contribution in [1.29, 1.82) is 0 Å². The molecule has 1 aromatic rings. The highest BCUT2D eigenvalue weighted by atomic mass is 16.6. The zero-order valence-electron chi connectivity index (χ0n) is 61.0. The van der Waals surface area contributed by atoms with Crippen LogP contribution < -0.4 is 110 Å². The minimum Gasteiger partial charge on any atom is -0.459 e. The summed E-state index contributed by atoms with van der Waals surface area (Å²) in [5, 5.41) is 28.7. The van der Waals surface area contributed by atoms with Crippen LogP contribution in [-0.4, -0.2) is 214 Å². The summed E-state index contributed by atoms with van der Waals surface area (Å²) in [4.78, 5) is 186. The standard InChI is InChI=1S/C68H122N20O15/c1-7-40(4)17-11-12-22-54(89)79-46(23-31-71)61(94)88-56(42(6)103-68(101)45(77)21-14-16-30-70)66(99)84-49(26-34-74)58(91)83-51-28-36-78-65(98)55(41(5)102-67(100)44(76)20-13-15-29-69)87-62(95)50(27-35-75)81-57(90)47(24-32-72)82-63(96)52(37-39(2)3)85-64(97)53(38-43-18-9-8-10-19-43)86-59(92)48(25-33-73)80-60(51)93/h8-10,18-19,39-42,44-53,55-56H,7,11-17,20-38,69-77H2,1-6H3,(H,78,98)(H,79,89)(H,80,93)(H,81,90)(H,82,96)(H,83,91)(H,84,99)(H,85,97)(H,86,92)(H,87,95)(H,88,94)/t40-,41+,42+,44-,45-,46-,47-,48-,49-,50-,51-,52-,53+,55-,56-/m0/s1. The Hall–Kier alpha value is -8.03. The number of carbonyl (C=O) groups is 13. The number of rotatable bonds is 41. The van der Waals surface area contributed by atoms with Crippen LogP contribution in [0.2, 0.25) is 0 Å². The maximum Gasteiger partial charge on any atom is 0.323 e. The summed E-state index contributed by atoms with van der Waals surface area (Å²) in [5.74, 6) is -12.0. The number of amides is 11. The summed E-state index contributed by atoms with van der Waals surface area (Å²) in [6.07, 6.45) is 0.575. The second kappa shape index (κ2) is 50.4. The van der Waals surface area contributed by atoms with Crippen LogP contribution in [0.25, 0.3) is 0 Å². The van der Waals surface area contributed by atoms with Gasteiger partial charge < -0.3 is 120 Å². The van der Waals surface area contributed by atoms with Crippen molar-refractivity contribution in [3.63, 3.8) is 0 Å². The number of benzene rings is 1. The molecule has 11 amide bonds. The molecule has 1 aliphatic rings. The quantitative estimate of drug-likeness (QED) is 0.0215. The smallest absolute Gasteiger partial charge is 0.323 e. The molecule has 29 N–H and O–H groups in total. The average Bonchev–Trinajstić information content (AvgIpc) is 1.16. The highest BCUT2D eigenvalue weighted by molar-refractivity contribution is 5.99. The van der Waals surface area contributed by atoms with E-state index in [-0.39, 0.29) is 103 Å². The Labute approximate surface area is 604 Å². The van der Waals surface area contributed by atoms with E-state index in [9.17, 15) is 62.3 Å². The van der Waals surface area contributed by atoms with Crippen LogP contribution in [0.1, 0.15) is 163 Å². The lowest BCUT2D eigenvalue weighted by Crippen LogP contribution is -2.62. The minimum absolute atomic E-state index is 0.00497. The van der Waals surface area contributed by atoms with Crippen molar-refractivity contribution in [1.82, 2.24) is 58.5 Å². The zero-order valence-corrected chi connectivity index (χ0v) is 61.0. The van der Waals surface area contributed by atoms with E-state index in [1.54, 1.807) is 44.2 Å². The number of hydrogen-bond acceptors (Lipinski definition) is 24. The van der Waals surface area contributed by atoms with Gasteiger partial charge in [0.15, 0.2) is 0 Å². The topological polar surface area (TPSA) is 607 Å². The maximum atomic E-state index is 15.0. The van der Waals surface area contributed by atoms with Gasteiger partial charge in [-0.2, -0.15) is 0 Å². The predicted octanol–water partition coefficient (Wildman–Crippen LogP) is -5.23. The molecule has 1 aromatic carbocycles.